The minimum absolute atomic E-state index is 0.280. The number of methoxy groups -OCH3 is 1. The van der Waals surface area contributed by atoms with Gasteiger partial charge in [0.1, 0.15) is 5.70 Å². The number of carbonyl (C=O) groups is 2. The predicted octanol–water partition coefficient (Wildman–Crippen LogP) is 3.18. The molecule has 1 fully saturated rings. The maximum Gasteiger partial charge on any atom is 0.341 e. The van der Waals surface area contributed by atoms with E-state index in [2.05, 4.69) is 21.2 Å². The molecule has 0 spiro atoms. The number of amides is 1. The number of rotatable bonds is 6. The fraction of sp³-hybridized carbons (Fsp3) is 0.105. The van der Waals surface area contributed by atoms with E-state index in [1.54, 1.807) is 36.4 Å². The van der Waals surface area contributed by atoms with Crippen LogP contribution in [0.1, 0.15) is 5.56 Å². The molecule has 0 unspecified atom stereocenters. The number of carboxylic acids is 1. The van der Waals surface area contributed by atoms with E-state index in [4.69, 9.17) is 26.8 Å². The molecule has 0 bridgehead atoms. The summed E-state index contributed by atoms with van der Waals surface area (Å²) in [6.45, 7) is -0.479. The Morgan fingerprint density at radius 3 is 2.61 bits per heavy atom. The van der Waals surface area contributed by atoms with Crippen LogP contribution in [0.4, 0.5) is 5.69 Å². The van der Waals surface area contributed by atoms with Crippen LogP contribution in [0.25, 0.3) is 6.08 Å². The molecule has 1 aliphatic rings. The molecular formula is C19H15BrN2O5S. The summed E-state index contributed by atoms with van der Waals surface area (Å²) in [4.78, 5) is 24.9. The van der Waals surface area contributed by atoms with Crippen LogP contribution in [0.2, 0.25) is 0 Å². The zero-order valence-electron chi connectivity index (χ0n) is 14.6. The highest BCUT2D eigenvalue weighted by atomic mass is 79.9. The van der Waals surface area contributed by atoms with Crippen LogP contribution in [-0.4, -0.2) is 35.8 Å². The number of carboxylic acid groups (broad SMARTS) is 1. The van der Waals surface area contributed by atoms with E-state index in [1.807, 2.05) is 12.1 Å². The number of ether oxygens (including phenoxy) is 2. The molecular weight excluding hydrogens is 448 g/mol. The Morgan fingerprint density at radius 1 is 1.25 bits per heavy atom. The highest BCUT2D eigenvalue weighted by Gasteiger charge is 2.31. The van der Waals surface area contributed by atoms with E-state index in [0.717, 1.165) is 4.47 Å². The molecule has 2 N–H and O–H groups in total. The van der Waals surface area contributed by atoms with Gasteiger partial charge in [-0.15, -0.1) is 0 Å². The molecule has 9 heteroatoms. The Bertz CT molecular complexity index is 975. The molecule has 2 aromatic rings. The van der Waals surface area contributed by atoms with Gasteiger partial charge in [-0.25, -0.2) is 4.79 Å². The molecule has 3 rings (SSSR count). The minimum atomic E-state index is -1.09. The van der Waals surface area contributed by atoms with Gasteiger partial charge < -0.3 is 19.9 Å². The lowest BCUT2D eigenvalue weighted by atomic mass is 10.1. The molecule has 1 aliphatic heterocycles. The molecule has 1 heterocycles. The summed E-state index contributed by atoms with van der Waals surface area (Å²) in [6.07, 6.45) is 1.64. The summed E-state index contributed by atoms with van der Waals surface area (Å²) in [5.74, 6) is -0.716. The van der Waals surface area contributed by atoms with E-state index in [-0.39, 0.29) is 11.0 Å². The van der Waals surface area contributed by atoms with Gasteiger partial charge in [-0.1, -0.05) is 22.0 Å². The predicted molar refractivity (Wildman–Crippen MR) is 111 cm³/mol. The number of hydrogen-bond donors (Lipinski definition) is 2. The Balaban J connectivity index is 1.85. The van der Waals surface area contributed by atoms with Gasteiger partial charge in [-0.3, -0.25) is 9.69 Å². The van der Waals surface area contributed by atoms with Gasteiger partial charge in [0.15, 0.2) is 23.2 Å². The Morgan fingerprint density at radius 2 is 1.96 bits per heavy atom. The van der Waals surface area contributed by atoms with Crippen molar-refractivity contribution in [3.8, 4) is 11.5 Å². The summed E-state index contributed by atoms with van der Waals surface area (Å²) < 4.78 is 11.3. The first kappa shape index (κ1) is 19.8. The first-order valence-electron chi connectivity index (χ1n) is 8.04. The van der Waals surface area contributed by atoms with Crippen LogP contribution >= 0.6 is 28.1 Å². The lowest BCUT2D eigenvalue weighted by molar-refractivity contribution is -0.139. The van der Waals surface area contributed by atoms with Crippen molar-refractivity contribution in [1.82, 2.24) is 5.32 Å². The van der Waals surface area contributed by atoms with Gasteiger partial charge in [0, 0.05) is 4.47 Å². The number of aliphatic carboxylic acids is 1. The number of carbonyl (C=O) groups excluding carboxylic acids is 1. The zero-order valence-corrected chi connectivity index (χ0v) is 17.0. The highest BCUT2D eigenvalue weighted by molar-refractivity contribution is 9.10. The second-order valence-corrected chi connectivity index (χ2v) is 7.00. The van der Waals surface area contributed by atoms with E-state index < -0.39 is 12.6 Å². The lowest BCUT2D eigenvalue weighted by Gasteiger charge is -2.13. The first-order valence-corrected chi connectivity index (χ1v) is 9.24. The van der Waals surface area contributed by atoms with Crippen LogP contribution in [0, 0.1) is 0 Å². The van der Waals surface area contributed by atoms with E-state index in [9.17, 15) is 9.59 Å². The molecule has 0 saturated carbocycles. The molecule has 0 aromatic heterocycles. The topological polar surface area (TPSA) is 88.1 Å². The average Bonchev–Trinajstić information content (AvgIpc) is 2.94. The van der Waals surface area contributed by atoms with Gasteiger partial charge in [-0.2, -0.15) is 0 Å². The Labute approximate surface area is 174 Å². The molecule has 1 saturated heterocycles. The number of benzene rings is 2. The summed E-state index contributed by atoms with van der Waals surface area (Å²) in [7, 11) is 1.45. The van der Waals surface area contributed by atoms with Crippen LogP contribution < -0.4 is 19.7 Å². The van der Waals surface area contributed by atoms with E-state index in [1.165, 1.54) is 12.0 Å². The number of hydrogen-bond acceptors (Lipinski definition) is 5. The van der Waals surface area contributed by atoms with Crippen LogP contribution in [-0.2, 0) is 9.59 Å². The van der Waals surface area contributed by atoms with Crippen LogP contribution in [0.15, 0.2) is 52.6 Å². The van der Waals surface area contributed by atoms with E-state index >= 15 is 0 Å². The monoisotopic (exact) mass is 462 g/mol. The summed E-state index contributed by atoms with van der Waals surface area (Å²) >= 11 is 8.66. The number of thiocarbonyl (C=S) groups is 1. The van der Waals surface area contributed by atoms with Crippen molar-refractivity contribution >= 4 is 56.9 Å². The van der Waals surface area contributed by atoms with Crippen molar-refractivity contribution in [2.45, 2.75) is 0 Å². The Hall–Kier alpha value is -2.91. The molecule has 2 aromatic carbocycles. The van der Waals surface area contributed by atoms with Crippen molar-refractivity contribution in [3.05, 3.63) is 58.2 Å². The van der Waals surface area contributed by atoms with Crippen molar-refractivity contribution in [3.63, 3.8) is 0 Å². The fourth-order valence-electron chi connectivity index (χ4n) is 2.56. The van der Waals surface area contributed by atoms with Gasteiger partial charge in [0.25, 0.3) is 5.91 Å². The standard InChI is InChI=1S/C19H15BrN2O5S/c1-26-16-9-11(2-7-15(16)27-10-17(23)24)8-14-18(25)22(19(28)21-14)13-5-3-12(20)4-6-13/h2-9H,10H2,1H3,(H,21,28)(H,23,24)/b14-8-. The second kappa shape index (κ2) is 8.41. The van der Waals surface area contributed by atoms with Crippen molar-refractivity contribution in [2.75, 3.05) is 18.6 Å². The second-order valence-electron chi connectivity index (χ2n) is 5.70. The maximum absolute atomic E-state index is 12.8. The molecule has 0 radical (unpaired) electrons. The molecule has 7 nitrogen and oxygen atoms in total. The summed E-state index contributed by atoms with van der Waals surface area (Å²) in [6, 6.07) is 12.1. The molecule has 0 aliphatic carbocycles. The third kappa shape index (κ3) is 4.32. The summed E-state index contributed by atoms with van der Waals surface area (Å²) in [5.41, 5.74) is 1.63. The van der Waals surface area contributed by atoms with Crippen LogP contribution in [0.5, 0.6) is 11.5 Å². The zero-order chi connectivity index (χ0) is 20.3. The smallest absolute Gasteiger partial charge is 0.341 e. The quantitative estimate of drug-likeness (QED) is 0.503. The van der Waals surface area contributed by atoms with Gasteiger partial charge in [-0.05, 0) is 60.3 Å². The largest absolute Gasteiger partial charge is 0.493 e. The SMILES string of the molecule is COc1cc(/C=C2\NC(=S)N(c3ccc(Br)cc3)C2=O)ccc1OCC(=O)O. The van der Waals surface area contributed by atoms with Crippen molar-refractivity contribution in [1.29, 1.82) is 0 Å². The number of halogens is 1. The number of anilines is 1. The normalized spacial score (nSPS) is 14.9. The molecule has 28 heavy (non-hydrogen) atoms. The minimum Gasteiger partial charge on any atom is -0.493 e. The third-order valence-electron chi connectivity index (χ3n) is 3.81. The van der Waals surface area contributed by atoms with Crippen molar-refractivity contribution in [2.24, 2.45) is 0 Å². The highest BCUT2D eigenvalue weighted by Crippen LogP contribution is 2.30. The lowest BCUT2D eigenvalue weighted by Crippen LogP contribution is -2.30. The number of nitrogens with zero attached hydrogens (tertiary/aromatic N) is 1. The molecule has 1 amide bonds. The first-order chi connectivity index (χ1) is 13.4. The van der Waals surface area contributed by atoms with Gasteiger partial charge in [0.05, 0.1) is 12.8 Å². The average molecular weight is 463 g/mol. The van der Waals surface area contributed by atoms with E-state index in [0.29, 0.717) is 28.4 Å². The third-order valence-corrected chi connectivity index (χ3v) is 4.63. The molecule has 144 valence electrons. The molecule has 0 atom stereocenters. The van der Waals surface area contributed by atoms with Crippen LogP contribution in [0.3, 0.4) is 0 Å². The number of nitrogens with one attached hydrogen (secondary N) is 1. The van der Waals surface area contributed by atoms with Gasteiger partial charge >= 0.3 is 5.97 Å². The Kier molecular flexibility index (Phi) is 5.96. The van der Waals surface area contributed by atoms with Gasteiger partial charge in [0.2, 0.25) is 0 Å². The van der Waals surface area contributed by atoms with Crippen molar-refractivity contribution < 1.29 is 24.2 Å². The summed E-state index contributed by atoms with van der Waals surface area (Å²) in [5, 5.41) is 11.9. The fourth-order valence-corrected chi connectivity index (χ4v) is 3.12. The maximum atomic E-state index is 12.8.